The topological polar surface area (TPSA) is 67.4 Å². The molecular weight excluding hydrogens is 220 g/mol. The quantitative estimate of drug-likeness (QED) is 0.739. The number of methoxy groups -OCH3 is 1. The van der Waals surface area contributed by atoms with Gasteiger partial charge in [-0.05, 0) is 12.0 Å². The predicted molar refractivity (Wildman–Crippen MR) is 63.6 cm³/mol. The van der Waals surface area contributed by atoms with E-state index in [1.807, 2.05) is 30.3 Å². The SMILES string of the molecule is COC(=O)CNC(=O)NCCc1ccccc1. The second kappa shape index (κ2) is 7.27. The van der Waals surface area contributed by atoms with Crippen molar-refractivity contribution in [1.82, 2.24) is 10.6 Å². The number of hydrogen-bond donors (Lipinski definition) is 2. The highest BCUT2D eigenvalue weighted by molar-refractivity contribution is 5.80. The Balaban J connectivity index is 2.14. The third-order valence-corrected chi connectivity index (χ3v) is 2.16. The number of urea groups is 1. The Labute approximate surface area is 100 Å². The summed E-state index contributed by atoms with van der Waals surface area (Å²) in [5, 5.41) is 5.05. The molecule has 5 heteroatoms. The molecular formula is C12H16N2O3. The number of rotatable bonds is 5. The average Bonchev–Trinajstić information content (AvgIpc) is 2.37. The summed E-state index contributed by atoms with van der Waals surface area (Å²) in [5.41, 5.74) is 1.15. The molecule has 0 unspecified atom stereocenters. The van der Waals surface area contributed by atoms with Gasteiger partial charge in [0.2, 0.25) is 0 Å². The van der Waals surface area contributed by atoms with Crippen LogP contribution < -0.4 is 10.6 Å². The predicted octanol–water partition coefficient (Wildman–Crippen LogP) is 0.701. The van der Waals surface area contributed by atoms with Crippen molar-refractivity contribution in [2.24, 2.45) is 0 Å². The van der Waals surface area contributed by atoms with Crippen LogP contribution in [0.5, 0.6) is 0 Å². The first-order valence-corrected chi connectivity index (χ1v) is 5.35. The summed E-state index contributed by atoms with van der Waals surface area (Å²) in [7, 11) is 1.28. The highest BCUT2D eigenvalue weighted by atomic mass is 16.5. The van der Waals surface area contributed by atoms with Gasteiger partial charge in [0.1, 0.15) is 6.54 Å². The zero-order valence-corrected chi connectivity index (χ0v) is 9.73. The van der Waals surface area contributed by atoms with Gasteiger partial charge < -0.3 is 15.4 Å². The van der Waals surface area contributed by atoms with Gasteiger partial charge in [0.05, 0.1) is 7.11 Å². The molecule has 0 aliphatic carbocycles. The Morgan fingerprint density at radius 1 is 1.18 bits per heavy atom. The lowest BCUT2D eigenvalue weighted by Crippen LogP contribution is -2.39. The molecule has 5 nitrogen and oxygen atoms in total. The molecule has 0 aliphatic rings. The summed E-state index contributed by atoms with van der Waals surface area (Å²) in [4.78, 5) is 22.0. The van der Waals surface area contributed by atoms with Gasteiger partial charge in [-0.2, -0.15) is 0 Å². The summed E-state index contributed by atoms with van der Waals surface area (Å²) in [5.74, 6) is -0.469. The lowest BCUT2D eigenvalue weighted by atomic mass is 10.1. The molecule has 1 aromatic carbocycles. The number of carbonyl (C=O) groups is 2. The standard InChI is InChI=1S/C12H16N2O3/c1-17-11(15)9-14-12(16)13-8-7-10-5-3-2-4-6-10/h2-6H,7-9H2,1H3,(H2,13,14,16). The van der Waals surface area contributed by atoms with Crippen LogP contribution in [-0.2, 0) is 16.0 Å². The molecule has 1 rings (SSSR count). The van der Waals surface area contributed by atoms with E-state index >= 15 is 0 Å². The van der Waals surface area contributed by atoms with Crippen molar-refractivity contribution in [1.29, 1.82) is 0 Å². The molecule has 2 amide bonds. The van der Waals surface area contributed by atoms with Crippen LogP contribution in [0.3, 0.4) is 0 Å². The van der Waals surface area contributed by atoms with Crippen molar-refractivity contribution >= 4 is 12.0 Å². The summed E-state index contributed by atoms with van der Waals surface area (Å²) < 4.78 is 4.39. The Hall–Kier alpha value is -2.04. The van der Waals surface area contributed by atoms with Crippen LogP contribution in [0.4, 0.5) is 4.79 Å². The van der Waals surface area contributed by atoms with Crippen LogP contribution in [0, 0.1) is 0 Å². The van der Waals surface area contributed by atoms with Gasteiger partial charge in [0.15, 0.2) is 0 Å². The van der Waals surface area contributed by atoms with Gasteiger partial charge in [-0.3, -0.25) is 4.79 Å². The highest BCUT2D eigenvalue weighted by Gasteiger charge is 2.03. The number of ether oxygens (including phenoxy) is 1. The molecule has 0 saturated carbocycles. The zero-order chi connectivity index (χ0) is 12.5. The van der Waals surface area contributed by atoms with E-state index in [9.17, 15) is 9.59 Å². The molecule has 92 valence electrons. The Morgan fingerprint density at radius 2 is 1.88 bits per heavy atom. The Bertz CT molecular complexity index is 365. The fourth-order valence-electron chi connectivity index (χ4n) is 1.25. The fourth-order valence-corrected chi connectivity index (χ4v) is 1.25. The first-order chi connectivity index (χ1) is 8.22. The molecule has 0 fully saturated rings. The molecule has 0 atom stereocenters. The van der Waals surface area contributed by atoms with Gasteiger partial charge in [-0.15, -0.1) is 0 Å². The Kier molecular flexibility index (Phi) is 5.57. The number of nitrogens with one attached hydrogen (secondary N) is 2. The van der Waals surface area contributed by atoms with E-state index in [1.54, 1.807) is 0 Å². The molecule has 17 heavy (non-hydrogen) atoms. The van der Waals surface area contributed by atoms with Gasteiger partial charge in [-0.25, -0.2) is 4.79 Å². The summed E-state index contributed by atoms with van der Waals surface area (Å²) in [6.45, 7) is 0.407. The maximum absolute atomic E-state index is 11.2. The van der Waals surface area contributed by atoms with Crippen LogP contribution in [0.15, 0.2) is 30.3 Å². The van der Waals surface area contributed by atoms with E-state index in [0.717, 1.165) is 12.0 Å². The Morgan fingerprint density at radius 3 is 2.53 bits per heavy atom. The number of benzene rings is 1. The van der Waals surface area contributed by atoms with Gasteiger partial charge in [0, 0.05) is 6.54 Å². The van der Waals surface area contributed by atoms with Crippen LogP contribution in [0.2, 0.25) is 0 Å². The largest absolute Gasteiger partial charge is 0.468 e. The smallest absolute Gasteiger partial charge is 0.325 e. The first-order valence-electron chi connectivity index (χ1n) is 5.35. The molecule has 1 aromatic rings. The summed E-state index contributed by atoms with van der Waals surface area (Å²) in [6.07, 6.45) is 0.756. The minimum absolute atomic E-state index is 0.117. The van der Waals surface area contributed by atoms with Crippen molar-refractivity contribution in [2.75, 3.05) is 20.2 Å². The molecule has 0 heterocycles. The van der Waals surface area contributed by atoms with E-state index < -0.39 is 5.97 Å². The van der Waals surface area contributed by atoms with E-state index in [0.29, 0.717) is 6.54 Å². The van der Waals surface area contributed by atoms with Gasteiger partial charge in [-0.1, -0.05) is 30.3 Å². The van der Waals surface area contributed by atoms with Crippen molar-refractivity contribution in [3.63, 3.8) is 0 Å². The summed E-state index contributed by atoms with van der Waals surface area (Å²) >= 11 is 0. The molecule has 0 aromatic heterocycles. The van der Waals surface area contributed by atoms with Crippen molar-refractivity contribution < 1.29 is 14.3 Å². The maximum atomic E-state index is 11.2. The van der Waals surface area contributed by atoms with E-state index in [4.69, 9.17) is 0 Å². The minimum atomic E-state index is -0.469. The maximum Gasteiger partial charge on any atom is 0.325 e. The number of carbonyl (C=O) groups excluding carboxylic acids is 2. The second-order valence-electron chi connectivity index (χ2n) is 3.42. The molecule has 0 radical (unpaired) electrons. The molecule has 0 saturated heterocycles. The molecule has 0 spiro atoms. The summed E-state index contributed by atoms with van der Waals surface area (Å²) in [6, 6.07) is 9.47. The number of esters is 1. The first kappa shape index (κ1) is 13.0. The van der Waals surface area contributed by atoms with Crippen molar-refractivity contribution in [3.8, 4) is 0 Å². The lowest BCUT2D eigenvalue weighted by Gasteiger charge is -2.06. The third-order valence-electron chi connectivity index (χ3n) is 2.16. The fraction of sp³-hybridized carbons (Fsp3) is 0.333. The lowest BCUT2D eigenvalue weighted by molar-refractivity contribution is -0.139. The van der Waals surface area contributed by atoms with Crippen LogP contribution in [0.1, 0.15) is 5.56 Å². The van der Waals surface area contributed by atoms with Crippen LogP contribution in [0.25, 0.3) is 0 Å². The number of hydrogen-bond acceptors (Lipinski definition) is 3. The van der Waals surface area contributed by atoms with Crippen LogP contribution >= 0.6 is 0 Å². The van der Waals surface area contributed by atoms with E-state index in [1.165, 1.54) is 7.11 Å². The normalized spacial score (nSPS) is 9.47. The van der Waals surface area contributed by atoms with E-state index in [-0.39, 0.29) is 12.6 Å². The minimum Gasteiger partial charge on any atom is -0.468 e. The third kappa shape index (κ3) is 5.55. The van der Waals surface area contributed by atoms with E-state index in [2.05, 4.69) is 15.4 Å². The average molecular weight is 236 g/mol. The molecule has 2 N–H and O–H groups in total. The van der Waals surface area contributed by atoms with Crippen molar-refractivity contribution in [3.05, 3.63) is 35.9 Å². The number of amides is 2. The monoisotopic (exact) mass is 236 g/mol. The van der Waals surface area contributed by atoms with Crippen molar-refractivity contribution in [2.45, 2.75) is 6.42 Å². The van der Waals surface area contributed by atoms with Crippen LogP contribution in [-0.4, -0.2) is 32.2 Å². The molecule has 0 bridgehead atoms. The van der Waals surface area contributed by atoms with Gasteiger partial charge in [0.25, 0.3) is 0 Å². The highest BCUT2D eigenvalue weighted by Crippen LogP contribution is 1.97. The molecule has 0 aliphatic heterocycles. The van der Waals surface area contributed by atoms with Gasteiger partial charge >= 0.3 is 12.0 Å². The zero-order valence-electron chi connectivity index (χ0n) is 9.73. The second-order valence-corrected chi connectivity index (χ2v) is 3.42.